The standard InChI is InChI=1S/C19H29NO5/c1-14(2)9-10-24-15(3)19(22)25-13-18(21)20-11-16-5-7-17(8-6-16)12-23-4/h5-8,14-15H,9-13H2,1-4H3,(H,20,21). The Kier molecular flexibility index (Phi) is 9.80. The molecule has 1 amide bonds. The van der Waals surface area contributed by atoms with Crippen LogP contribution in [0.2, 0.25) is 0 Å². The number of benzene rings is 1. The van der Waals surface area contributed by atoms with Crippen LogP contribution in [-0.4, -0.2) is 38.3 Å². The third kappa shape index (κ3) is 9.22. The van der Waals surface area contributed by atoms with Crippen LogP contribution in [0.25, 0.3) is 0 Å². The van der Waals surface area contributed by atoms with Crippen LogP contribution in [0.15, 0.2) is 24.3 Å². The average molecular weight is 351 g/mol. The van der Waals surface area contributed by atoms with Gasteiger partial charge in [-0.3, -0.25) is 4.79 Å². The van der Waals surface area contributed by atoms with Gasteiger partial charge >= 0.3 is 5.97 Å². The van der Waals surface area contributed by atoms with Gasteiger partial charge in [0.2, 0.25) is 0 Å². The van der Waals surface area contributed by atoms with Gasteiger partial charge in [-0.1, -0.05) is 38.1 Å². The summed E-state index contributed by atoms with van der Waals surface area (Å²) in [7, 11) is 1.64. The van der Waals surface area contributed by atoms with Crippen molar-refractivity contribution in [2.45, 2.75) is 46.4 Å². The molecule has 1 atom stereocenters. The zero-order valence-corrected chi connectivity index (χ0v) is 15.5. The smallest absolute Gasteiger partial charge is 0.335 e. The SMILES string of the molecule is COCc1ccc(CNC(=O)COC(=O)C(C)OCCC(C)C)cc1. The van der Waals surface area contributed by atoms with Crippen LogP contribution in [0.3, 0.4) is 0 Å². The minimum Gasteiger partial charge on any atom is -0.454 e. The summed E-state index contributed by atoms with van der Waals surface area (Å²) in [5.74, 6) is -0.357. The van der Waals surface area contributed by atoms with Crippen LogP contribution in [-0.2, 0) is 37.0 Å². The number of nitrogens with one attached hydrogen (secondary N) is 1. The molecular formula is C19H29NO5. The van der Waals surface area contributed by atoms with E-state index in [2.05, 4.69) is 19.2 Å². The third-order valence-corrected chi connectivity index (χ3v) is 3.56. The van der Waals surface area contributed by atoms with Crippen molar-refractivity contribution < 1.29 is 23.8 Å². The Bertz CT molecular complexity index is 527. The summed E-state index contributed by atoms with van der Waals surface area (Å²) in [6, 6.07) is 7.74. The molecule has 0 aliphatic carbocycles. The van der Waals surface area contributed by atoms with Gasteiger partial charge in [-0.15, -0.1) is 0 Å². The Morgan fingerprint density at radius 1 is 1.08 bits per heavy atom. The summed E-state index contributed by atoms with van der Waals surface area (Å²) in [6.07, 6.45) is 0.209. The van der Waals surface area contributed by atoms with Crippen LogP contribution in [0.1, 0.15) is 38.3 Å². The Morgan fingerprint density at radius 3 is 2.32 bits per heavy atom. The van der Waals surface area contributed by atoms with E-state index in [4.69, 9.17) is 14.2 Å². The van der Waals surface area contributed by atoms with Gasteiger partial charge in [-0.2, -0.15) is 0 Å². The van der Waals surface area contributed by atoms with Gasteiger partial charge in [-0.25, -0.2) is 4.79 Å². The lowest BCUT2D eigenvalue weighted by atomic mass is 10.1. The summed E-state index contributed by atoms with van der Waals surface area (Å²) in [5.41, 5.74) is 2.03. The number of amides is 1. The number of esters is 1. The van der Waals surface area contributed by atoms with Gasteiger partial charge in [0, 0.05) is 20.3 Å². The van der Waals surface area contributed by atoms with Gasteiger partial charge < -0.3 is 19.5 Å². The molecule has 0 fully saturated rings. The molecule has 0 heterocycles. The van der Waals surface area contributed by atoms with E-state index in [9.17, 15) is 9.59 Å². The zero-order valence-electron chi connectivity index (χ0n) is 15.5. The zero-order chi connectivity index (χ0) is 18.7. The van der Waals surface area contributed by atoms with Crippen molar-refractivity contribution in [3.05, 3.63) is 35.4 Å². The molecule has 1 aromatic rings. The predicted octanol–water partition coefficient (Wildman–Crippen LogP) is 2.44. The van der Waals surface area contributed by atoms with Crippen LogP contribution in [0.4, 0.5) is 0 Å². The minimum atomic E-state index is -0.667. The number of ether oxygens (including phenoxy) is 3. The molecule has 6 nitrogen and oxygen atoms in total. The van der Waals surface area contributed by atoms with Crippen LogP contribution in [0.5, 0.6) is 0 Å². The summed E-state index contributed by atoms with van der Waals surface area (Å²) in [4.78, 5) is 23.5. The van der Waals surface area contributed by atoms with Crippen molar-refractivity contribution >= 4 is 11.9 Å². The maximum Gasteiger partial charge on any atom is 0.335 e. The Balaban J connectivity index is 2.24. The van der Waals surface area contributed by atoms with Crippen LogP contribution >= 0.6 is 0 Å². The fourth-order valence-corrected chi connectivity index (χ4v) is 1.97. The van der Waals surface area contributed by atoms with E-state index in [0.29, 0.717) is 25.7 Å². The van der Waals surface area contributed by atoms with Crippen molar-refractivity contribution in [3.8, 4) is 0 Å². The molecule has 1 rings (SSSR count). The summed E-state index contributed by atoms with van der Waals surface area (Å²) >= 11 is 0. The lowest BCUT2D eigenvalue weighted by Gasteiger charge is -2.13. The van der Waals surface area contributed by atoms with Crippen molar-refractivity contribution in [2.75, 3.05) is 20.3 Å². The van der Waals surface area contributed by atoms with Crippen molar-refractivity contribution in [2.24, 2.45) is 5.92 Å². The monoisotopic (exact) mass is 351 g/mol. The highest BCUT2D eigenvalue weighted by Crippen LogP contribution is 2.05. The minimum absolute atomic E-state index is 0.307. The number of hydrogen-bond acceptors (Lipinski definition) is 5. The van der Waals surface area contributed by atoms with E-state index >= 15 is 0 Å². The molecule has 0 aliphatic heterocycles. The second-order valence-electron chi connectivity index (χ2n) is 6.33. The molecule has 1 unspecified atom stereocenters. The molecule has 0 saturated carbocycles. The molecular weight excluding hydrogens is 322 g/mol. The second kappa shape index (κ2) is 11.6. The van der Waals surface area contributed by atoms with Gasteiger partial charge in [0.1, 0.15) is 0 Å². The first-order chi connectivity index (χ1) is 11.9. The van der Waals surface area contributed by atoms with Gasteiger partial charge in [0.05, 0.1) is 6.61 Å². The van der Waals surface area contributed by atoms with Crippen LogP contribution in [0, 0.1) is 5.92 Å². The Labute approximate surface area is 149 Å². The molecule has 6 heteroatoms. The summed E-state index contributed by atoms with van der Waals surface area (Å²) in [5, 5.41) is 2.71. The first-order valence-corrected chi connectivity index (χ1v) is 8.54. The lowest BCUT2D eigenvalue weighted by Crippen LogP contribution is -2.31. The van der Waals surface area contributed by atoms with Crippen molar-refractivity contribution in [3.63, 3.8) is 0 Å². The predicted molar refractivity (Wildman–Crippen MR) is 94.8 cm³/mol. The van der Waals surface area contributed by atoms with E-state index in [-0.39, 0.29) is 12.5 Å². The topological polar surface area (TPSA) is 73.9 Å². The fraction of sp³-hybridized carbons (Fsp3) is 0.579. The Morgan fingerprint density at radius 2 is 1.72 bits per heavy atom. The molecule has 1 N–H and O–H groups in total. The van der Waals surface area contributed by atoms with Crippen molar-refractivity contribution in [1.29, 1.82) is 0 Å². The molecule has 25 heavy (non-hydrogen) atoms. The quantitative estimate of drug-likeness (QED) is 0.620. The molecule has 0 saturated heterocycles. The molecule has 0 aliphatic rings. The molecule has 0 bridgehead atoms. The second-order valence-corrected chi connectivity index (χ2v) is 6.33. The fourth-order valence-electron chi connectivity index (χ4n) is 1.97. The molecule has 140 valence electrons. The highest BCUT2D eigenvalue weighted by atomic mass is 16.6. The average Bonchev–Trinajstić information content (AvgIpc) is 2.58. The van der Waals surface area contributed by atoms with Crippen molar-refractivity contribution in [1.82, 2.24) is 5.32 Å². The highest BCUT2D eigenvalue weighted by molar-refractivity contribution is 5.81. The van der Waals surface area contributed by atoms with E-state index < -0.39 is 12.1 Å². The molecule has 0 spiro atoms. The Hall–Kier alpha value is -1.92. The maximum absolute atomic E-state index is 11.8. The number of hydrogen-bond donors (Lipinski definition) is 1. The number of carbonyl (C=O) groups excluding carboxylic acids is 2. The molecule has 1 aromatic carbocycles. The van der Waals surface area contributed by atoms with Gasteiger partial charge in [-0.05, 0) is 30.4 Å². The highest BCUT2D eigenvalue weighted by Gasteiger charge is 2.16. The van der Waals surface area contributed by atoms with E-state index in [1.54, 1.807) is 14.0 Å². The van der Waals surface area contributed by atoms with E-state index in [1.807, 2.05) is 24.3 Å². The normalized spacial score (nSPS) is 12.0. The maximum atomic E-state index is 11.8. The van der Waals surface area contributed by atoms with E-state index in [1.165, 1.54) is 0 Å². The van der Waals surface area contributed by atoms with Crippen LogP contribution < -0.4 is 5.32 Å². The first-order valence-electron chi connectivity index (χ1n) is 8.54. The number of methoxy groups -OCH3 is 1. The third-order valence-electron chi connectivity index (χ3n) is 3.56. The van der Waals surface area contributed by atoms with Gasteiger partial charge in [0.15, 0.2) is 12.7 Å². The number of carbonyl (C=O) groups is 2. The molecule has 0 aromatic heterocycles. The van der Waals surface area contributed by atoms with E-state index in [0.717, 1.165) is 17.5 Å². The molecule has 0 radical (unpaired) electrons. The van der Waals surface area contributed by atoms with Gasteiger partial charge in [0.25, 0.3) is 5.91 Å². The summed E-state index contributed by atoms with van der Waals surface area (Å²) in [6.45, 7) is 6.92. The number of rotatable bonds is 11. The first kappa shape index (κ1) is 21.1. The largest absolute Gasteiger partial charge is 0.454 e. The summed E-state index contributed by atoms with van der Waals surface area (Å²) < 4.78 is 15.4. The lowest BCUT2D eigenvalue weighted by molar-refractivity contribution is -0.159.